The van der Waals surface area contributed by atoms with Crippen molar-refractivity contribution in [2.24, 2.45) is 0 Å². The third-order valence-corrected chi connectivity index (χ3v) is 25.7. The van der Waals surface area contributed by atoms with Crippen molar-refractivity contribution in [3.63, 3.8) is 0 Å². The standard InChI is InChI=1S/C13H26O5Si.C9H19NO4Si.C9H18O4Si.C8H16O5Si.C8H16O2Si.C6H11ClOSi.4CH4/c1-5-13(14)15-11-9-10-12-19(16-6-2,17-7-3)18-8-4;1-5-9(11)14-10-7-6-8-15(4,12-2)13-3;1-5-9(10)13-7-6-8-14(4,11-2)12-3;1-5-8(9)13-6-7-14(10-2,11-3)12-4;1-5-10-11(4)6-8(9)7(2)3;1-5(2)6(8)4-9(3)7;;;;/h5H,1,6-12H2,2-4H3;5,10H,1,6-8H2,2-4H3;5H,1,6-8H2,2-4H3;5H,1,6-7H2,2-4H3;11H,2,5-6H2,1,3-4H3;9H,1,4H2,2-3H3;4*1H4. The molecule has 2 atom stereocenters. The molecule has 0 amide bonds. The second kappa shape index (κ2) is 67.7. The van der Waals surface area contributed by atoms with E-state index in [1.807, 2.05) is 53.9 Å². The molecule has 0 radical (unpaired) electrons. The molecule has 0 aromatic carbocycles. The third-order valence-electron chi connectivity index (χ3n) is 10.6. The topological polar surface area (TPSA) is 253 Å². The molecule has 0 heterocycles. The minimum absolute atomic E-state index is 0. The van der Waals surface area contributed by atoms with Crippen LogP contribution < -0.4 is 5.48 Å². The second-order valence-corrected chi connectivity index (χ2v) is 36.8. The van der Waals surface area contributed by atoms with Crippen molar-refractivity contribution in [1.29, 1.82) is 0 Å². The molecular formula is C57H122ClNO21Si6. The quantitative estimate of drug-likeness (QED) is 0.0113. The maximum atomic E-state index is 11.1. The molecular weight excluding hydrogens is 1240 g/mol. The fraction of sp³-hybridized carbons (Fsp3) is 0.684. The van der Waals surface area contributed by atoms with E-state index < -0.39 is 63.8 Å². The lowest BCUT2D eigenvalue weighted by Crippen LogP contribution is -2.45. The summed E-state index contributed by atoms with van der Waals surface area (Å²) in [5.41, 5.74) is 3.81. The van der Waals surface area contributed by atoms with Crippen LogP contribution in [0, 0.1) is 0 Å². The fourth-order valence-electron chi connectivity index (χ4n) is 5.62. The van der Waals surface area contributed by atoms with Gasteiger partial charge < -0.3 is 67.7 Å². The van der Waals surface area contributed by atoms with Crippen molar-refractivity contribution in [3.8, 4) is 0 Å². The average Bonchev–Trinajstić information content (AvgIpc) is 3.46. The zero-order chi connectivity index (χ0) is 64.6. The Hall–Kier alpha value is -3.23. The summed E-state index contributed by atoms with van der Waals surface area (Å²) in [7, 11) is -0.458. The molecule has 2 unspecified atom stereocenters. The fourth-order valence-corrected chi connectivity index (χ4v) is 15.4. The van der Waals surface area contributed by atoms with Gasteiger partial charge in [0.15, 0.2) is 20.6 Å². The molecule has 512 valence electrons. The smallest absolute Gasteiger partial charge is 0.463 e. The maximum absolute atomic E-state index is 11.1. The number of carbonyl (C=O) groups is 6. The number of nitrogens with one attached hydrogen (secondary N) is 1. The van der Waals surface area contributed by atoms with Gasteiger partial charge in [-0.25, -0.2) is 19.2 Å². The summed E-state index contributed by atoms with van der Waals surface area (Å²) in [6.07, 6.45) is 7.73. The van der Waals surface area contributed by atoms with Crippen LogP contribution in [-0.4, -0.2) is 190 Å². The zero-order valence-electron chi connectivity index (χ0n) is 52.9. The number of halogens is 1. The van der Waals surface area contributed by atoms with Gasteiger partial charge in [-0.1, -0.05) is 75.7 Å². The number of ether oxygens (including phenoxy) is 3. The number of esters is 3. The Morgan fingerprint density at radius 2 is 0.837 bits per heavy atom. The van der Waals surface area contributed by atoms with Crippen LogP contribution >= 0.6 is 11.1 Å². The first kappa shape index (κ1) is 105. The molecule has 0 saturated heterocycles. The van der Waals surface area contributed by atoms with Gasteiger partial charge in [0.25, 0.3) is 0 Å². The van der Waals surface area contributed by atoms with E-state index in [-0.39, 0.29) is 59.8 Å². The molecule has 22 nitrogen and oxygen atoms in total. The van der Waals surface area contributed by atoms with E-state index in [1.165, 1.54) is 27.4 Å². The van der Waals surface area contributed by atoms with Gasteiger partial charge in [-0.15, -0.1) is 0 Å². The number of hydrogen-bond donors (Lipinski definition) is 1. The Morgan fingerprint density at radius 3 is 1.15 bits per heavy atom. The average molecular weight is 1360 g/mol. The van der Waals surface area contributed by atoms with E-state index in [2.05, 4.69) is 49.8 Å². The van der Waals surface area contributed by atoms with Crippen LogP contribution in [0.2, 0.25) is 62.5 Å². The van der Waals surface area contributed by atoms with Gasteiger partial charge in [-0.05, 0) is 110 Å². The summed E-state index contributed by atoms with van der Waals surface area (Å²) >= 11 is 5.69. The number of ketones is 2. The molecule has 0 aromatic heterocycles. The summed E-state index contributed by atoms with van der Waals surface area (Å²) < 4.78 is 73.6. The monoisotopic (exact) mass is 1360 g/mol. The maximum Gasteiger partial charge on any atom is 0.503 e. The molecule has 0 bridgehead atoms. The molecule has 0 aliphatic carbocycles. The summed E-state index contributed by atoms with van der Waals surface area (Å²) in [5.74, 6) is -1.45. The lowest BCUT2D eigenvalue weighted by atomic mass is 10.2. The number of Topliss-reactive ketones (excluding diaryl/α,β-unsaturated/α-hetero) is 2. The van der Waals surface area contributed by atoms with Crippen LogP contribution in [0.1, 0.15) is 96.9 Å². The lowest BCUT2D eigenvalue weighted by Gasteiger charge is -2.28. The molecule has 29 heteroatoms. The van der Waals surface area contributed by atoms with Gasteiger partial charge in [0, 0.05) is 125 Å². The van der Waals surface area contributed by atoms with Crippen molar-refractivity contribution >= 4 is 98.4 Å². The molecule has 0 aliphatic rings. The van der Waals surface area contributed by atoms with E-state index in [1.54, 1.807) is 42.3 Å². The van der Waals surface area contributed by atoms with Gasteiger partial charge in [-0.2, -0.15) is 16.6 Å². The Balaban J connectivity index is -0.000000101. The summed E-state index contributed by atoms with van der Waals surface area (Å²) in [6.45, 7) is 43.5. The predicted molar refractivity (Wildman–Crippen MR) is 364 cm³/mol. The summed E-state index contributed by atoms with van der Waals surface area (Å²) in [6, 6.07) is 3.95. The largest absolute Gasteiger partial charge is 0.503 e. The molecule has 0 fully saturated rings. The van der Waals surface area contributed by atoms with Gasteiger partial charge in [0.1, 0.15) is 8.11 Å². The number of unbranched alkanes of at least 4 members (excludes halogenated alkanes) is 1. The van der Waals surface area contributed by atoms with E-state index in [4.69, 9.17) is 74.0 Å². The Morgan fingerprint density at radius 1 is 0.477 bits per heavy atom. The minimum Gasteiger partial charge on any atom is -0.463 e. The molecule has 0 rings (SSSR count). The van der Waals surface area contributed by atoms with Crippen LogP contribution in [0.5, 0.6) is 0 Å². The SMILES string of the molecule is C.C.C.C.C=C(C)C(=O)C[SiH](C)Cl.C=C(C)C(=O)C[SiH](C)OCC.C=CC(=O)OCCCC[Si](OCC)(OCC)OCC.C=CC(=O)OCCC[Si](C)(OC)OC.C=CC(=O)OCC[Si](OC)(OC)OC.C=CC(=O)ONCCC[Si](C)(OC)OC. The van der Waals surface area contributed by atoms with Crippen LogP contribution in [0.25, 0.3) is 0 Å². The number of hydrogen-bond acceptors (Lipinski definition) is 22. The summed E-state index contributed by atoms with van der Waals surface area (Å²) in [4.78, 5) is 69.4. The van der Waals surface area contributed by atoms with Crippen LogP contribution in [0.4, 0.5) is 0 Å². The van der Waals surface area contributed by atoms with Crippen LogP contribution in [0.15, 0.2) is 74.9 Å². The van der Waals surface area contributed by atoms with Gasteiger partial charge in [0.05, 0.1) is 25.9 Å². The van der Waals surface area contributed by atoms with Crippen molar-refractivity contribution in [1.82, 2.24) is 5.48 Å². The first-order valence-electron chi connectivity index (χ1n) is 26.9. The van der Waals surface area contributed by atoms with Gasteiger partial charge in [0.2, 0.25) is 0 Å². The lowest BCUT2D eigenvalue weighted by molar-refractivity contribution is -0.145. The van der Waals surface area contributed by atoms with E-state index in [0.29, 0.717) is 68.9 Å². The van der Waals surface area contributed by atoms with Crippen molar-refractivity contribution < 1.29 is 96.5 Å². The first-order chi connectivity index (χ1) is 38.5. The molecule has 0 spiro atoms. The number of carbonyl (C=O) groups excluding carboxylic acids is 6. The highest BCUT2D eigenvalue weighted by Gasteiger charge is 2.40. The molecule has 0 aliphatic heterocycles. The Kier molecular flexibility index (Phi) is 82.3. The highest BCUT2D eigenvalue weighted by Crippen LogP contribution is 2.20. The van der Waals surface area contributed by atoms with Gasteiger partial charge >= 0.3 is 58.6 Å². The normalized spacial score (nSPS) is 11.0. The second-order valence-electron chi connectivity index (χ2n) is 17.3. The van der Waals surface area contributed by atoms with E-state index in [0.717, 1.165) is 68.7 Å². The molecule has 86 heavy (non-hydrogen) atoms. The first-order valence-corrected chi connectivity index (χ1v) is 42.0. The van der Waals surface area contributed by atoms with E-state index >= 15 is 0 Å². The number of hydroxylamine groups is 1. The highest BCUT2D eigenvalue weighted by atomic mass is 35.6. The van der Waals surface area contributed by atoms with Gasteiger partial charge in [-0.3, -0.25) is 9.59 Å². The van der Waals surface area contributed by atoms with Crippen molar-refractivity contribution in [3.05, 3.63) is 74.9 Å². The highest BCUT2D eigenvalue weighted by molar-refractivity contribution is 7.07. The molecule has 1 N–H and O–H groups in total. The summed E-state index contributed by atoms with van der Waals surface area (Å²) in [5, 5.41) is 0. The van der Waals surface area contributed by atoms with Crippen molar-refractivity contribution in [2.75, 3.05) is 103 Å². The Bertz CT molecular complexity index is 1750. The number of rotatable bonds is 42. The third kappa shape index (κ3) is 63.8. The predicted octanol–water partition coefficient (Wildman–Crippen LogP) is 11.4. The van der Waals surface area contributed by atoms with Crippen LogP contribution in [-0.2, 0) is 96.5 Å². The minimum atomic E-state index is -2.61. The number of allylic oxidation sites excluding steroid dienone is 2. The van der Waals surface area contributed by atoms with Crippen LogP contribution in [0.3, 0.4) is 0 Å². The molecule has 0 saturated carbocycles. The van der Waals surface area contributed by atoms with E-state index in [9.17, 15) is 28.8 Å². The zero-order valence-corrected chi connectivity index (χ0v) is 60.0. The Labute approximate surface area is 534 Å². The molecule has 0 aromatic rings. The van der Waals surface area contributed by atoms with Crippen molar-refractivity contribution in [2.45, 2.75) is 159 Å².